The number of aromatic amines is 1. The highest BCUT2D eigenvalue weighted by Gasteiger charge is 2.11. The van der Waals surface area contributed by atoms with Crippen molar-refractivity contribution in [3.8, 4) is 0 Å². The van der Waals surface area contributed by atoms with Crippen molar-refractivity contribution in [3.05, 3.63) is 12.7 Å². The van der Waals surface area contributed by atoms with Gasteiger partial charge in [0.15, 0.2) is 11.5 Å². The predicted molar refractivity (Wildman–Crippen MR) is 61.3 cm³/mol. The number of imidazole rings is 1. The number of hydrogen-bond donors (Lipinski definition) is 2. The van der Waals surface area contributed by atoms with Crippen LogP contribution >= 0.6 is 0 Å². The van der Waals surface area contributed by atoms with Crippen molar-refractivity contribution >= 4 is 17.0 Å². The highest BCUT2D eigenvalue weighted by Crippen LogP contribution is 2.19. The van der Waals surface area contributed by atoms with E-state index in [0.717, 1.165) is 30.8 Å². The van der Waals surface area contributed by atoms with Crippen LogP contribution in [0.5, 0.6) is 0 Å². The number of hydrogen-bond acceptors (Lipinski definition) is 5. The molecule has 0 aromatic carbocycles. The topological polar surface area (TPSA) is 77.9 Å². The molecule has 6 heteroatoms. The van der Waals surface area contributed by atoms with Crippen molar-refractivity contribution in [1.82, 2.24) is 19.9 Å². The summed E-state index contributed by atoms with van der Waals surface area (Å²) >= 11 is 0. The summed E-state index contributed by atoms with van der Waals surface area (Å²) in [4.78, 5) is 17.6. The summed E-state index contributed by atoms with van der Waals surface area (Å²) in [6.07, 6.45) is 3.86. The van der Waals surface area contributed by atoms with E-state index in [4.69, 9.17) is 5.11 Å². The fraction of sp³-hybridized carbons (Fsp3) is 0.500. The van der Waals surface area contributed by atoms with Crippen molar-refractivity contribution in [2.45, 2.75) is 13.3 Å². The molecule has 0 saturated carbocycles. The molecular formula is C10H15N5O. The van der Waals surface area contributed by atoms with E-state index in [1.54, 1.807) is 6.33 Å². The summed E-state index contributed by atoms with van der Waals surface area (Å²) in [6, 6.07) is 0. The number of aliphatic hydroxyl groups is 1. The van der Waals surface area contributed by atoms with Crippen LogP contribution in [0.1, 0.15) is 13.3 Å². The van der Waals surface area contributed by atoms with E-state index in [1.165, 1.54) is 6.33 Å². The molecule has 2 heterocycles. The number of H-pyrrole nitrogens is 1. The van der Waals surface area contributed by atoms with Crippen molar-refractivity contribution < 1.29 is 5.11 Å². The minimum Gasteiger partial charge on any atom is -0.396 e. The molecule has 0 amide bonds. The third-order valence-corrected chi connectivity index (χ3v) is 2.47. The average molecular weight is 221 g/mol. The molecule has 2 N–H and O–H groups in total. The summed E-state index contributed by atoms with van der Waals surface area (Å²) in [5.74, 6) is 0.846. The number of aromatic nitrogens is 4. The van der Waals surface area contributed by atoms with Gasteiger partial charge in [0.2, 0.25) is 0 Å². The molecule has 6 nitrogen and oxygen atoms in total. The molecule has 2 aromatic rings. The Bertz CT molecular complexity index is 455. The van der Waals surface area contributed by atoms with Crippen LogP contribution in [0, 0.1) is 0 Å². The van der Waals surface area contributed by atoms with E-state index in [-0.39, 0.29) is 6.61 Å². The Hall–Kier alpha value is -1.69. The quantitative estimate of drug-likeness (QED) is 0.771. The highest BCUT2D eigenvalue weighted by molar-refractivity contribution is 5.82. The first-order valence-electron chi connectivity index (χ1n) is 5.36. The number of nitrogens with one attached hydrogen (secondary N) is 1. The molecule has 0 aliphatic rings. The molecule has 2 aromatic heterocycles. The second kappa shape index (κ2) is 4.89. The van der Waals surface area contributed by atoms with Gasteiger partial charge in [-0.1, -0.05) is 0 Å². The Labute approximate surface area is 93.4 Å². The second-order valence-corrected chi connectivity index (χ2v) is 3.46. The molecule has 0 aliphatic carbocycles. The first-order valence-corrected chi connectivity index (χ1v) is 5.36. The molecule has 86 valence electrons. The molecule has 2 rings (SSSR count). The van der Waals surface area contributed by atoms with Gasteiger partial charge in [0.25, 0.3) is 0 Å². The number of rotatable bonds is 5. The van der Waals surface area contributed by atoms with Gasteiger partial charge in [0.05, 0.1) is 6.33 Å². The maximum atomic E-state index is 8.85. The van der Waals surface area contributed by atoms with Gasteiger partial charge in [-0.3, -0.25) is 0 Å². The number of aliphatic hydroxyl groups excluding tert-OH is 1. The lowest BCUT2D eigenvalue weighted by Crippen LogP contribution is -2.26. The standard InChI is InChI=1S/C10H15N5O/c1-2-15(4-3-5-16)10-8-9(12-6-11-8)13-7-14-10/h6-7,16H,2-5H2,1H3,(H,11,12,13,14). The van der Waals surface area contributed by atoms with Crippen LogP contribution in [0.3, 0.4) is 0 Å². The minimum absolute atomic E-state index is 0.188. The highest BCUT2D eigenvalue weighted by atomic mass is 16.3. The Kier molecular flexibility index (Phi) is 3.31. The van der Waals surface area contributed by atoms with Crippen LogP contribution < -0.4 is 4.90 Å². The van der Waals surface area contributed by atoms with Crippen molar-refractivity contribution in [3.63, 3.8) is 0 Å². The van der Waals surface area contributed by atoms with Crippen molar-refractivity contribution in [2.75, 3.05) is 24.6 Å². The molecule has 0 aliphatic heterocycles. The van der Waals surface area contributed by atoms with Crippen LogP contribution in [0.2, 0.25) is 0 Å². The first kappa shape index (κ1) is 10.8. The van der Waals surface area contributed by atoms with E-state index in [2.05, 4.69) is 31.8 Å². The van der Waals surface area contributed by atoms with Gasteiger partial charge < -0.3 is 15.0 Å². The van der Waals surface area contributed by atoms with Gasteiger partial charge in [0, 0.05) is 19.7 Å². The molecule has 0 spiro atoms. The molecule has 0 radical (unpaired) electrons. The first-order chi connectivity index (χ1) is 7.86. The SMILES string of the molecule is CCN(CCCO)c1ncnc2nc[nH]c12. The minimum atomic E-state index is 0.188. The molecule has 0 bridgehead atoms. The summed E-state index contributed by atoms with van der Waals surface area (Å²) in [5.41, 5.74) is 1.52. The fourth-order valence-corrected chi connectivity index (χ4v) is 1.67. The van der Waals surface area contributed by atoms with Crippen LogP contribution in [-0.4, -0.2) is 44.7 Å². The van der Waals surface area contributed by atoms with E-state index >= 15 is 0 Å². The lowest BCUT2D eigenvalue weighted by Gasteiger charge is -2.21. The van der Waals surface area contributed by atoms with Crippen LogP contribution in [0.4, 0.5) is 5.82 Å². The summed E-state index contributed by atoms with van der Waals surface area (Å²) in [5, 5.41) is 8.85. The van der Waals surface area contributed by atoms with Gasteiger partial charge in [-0.2, -0.15) is 0 Å². The van der Waals surface area contributed by atoms with Gasteiger partial charge in [0.1, 0.15) is 11.8 Å². The molecular weight excluding hydrogens is 206 g/mol. The maximum absolute atomic E-state index is 8.85. The van der Waals surface area contributed by atoms with Crippen molar-refractivity contribution in [1.29, 1.82) is 0 Å². The third kappa shape index (κ3) is 1.96. The van der Waals surface area contributed by atoms with E-state index in [1.807, 2.05) is 0 Å². The summed E-state index contributed by atoms with van der Waals surface area (Å²) in [7, 11) is 0. The molecule has 0 saturated heterocycles. The Morgan fingerprint density at radius 2 is 2.25 bits per heavy atom. The zero-order chi connectivity index (χ0) is 11.4. The Balaban J connectivity index is 2.32. The number of fused-ring (bicyclic) bond motifs is 1. The molecule has 16 heavy (non-hydrogen) atoms. The molecule has 0 fully saturated rings. The van der Waals surface area contributed by atoms with Crippen LogP contribution in [-0.2, 0) is 0 Å². The Morgan fingerprint density at radius 1 is 1.38 bits per heavy atom. The predicted octanol–water partition coefficient (Wildman–Crippen LogP) is 0.562. The Morgan fingerprint density at radius 3 is 3.00 bits per heavy atom. The van der Waals surface area contributed by atoms with Gasteiger partial charge in [-0.05, 0) is 13.3 Å². The van der Waals surface area contributed by atoms with E-state index in [9.17, 15) is 0 Å². The van der Waals surface area contributed by atoms with Crippen molar-refractivity contribution in [2.24, 2.45) is 0 Å². The normalized spacial score (nSPS) is 10.9. The number of anilines is 1. The second-order valence-electron chi connectivity index (χ2n) is 3.46. The monoisotopic (exact) mass is 221 g/mol. The lowest BCUT2D eigenvalue weighted by molar-refractivity contribution is 0.289. The summed E-state index contributed by atoms with van der Waals surface area (Å²) in [6.45, 7) is 3.86. The molecule has 0 unspecified atom stereocenters. The van der Waals surface area contributed by atoms with Gasteiger partial charge in [-0.25, -0.2) is 15.0 Å². The van der Waals surface area contributed by atoms with Gasteiger partial charge in [-0.15, -0.1) is 0 Å². The number of nitrogens with zero attached hydrogens (tertiary/aromatic N) is 4. The zero-order valence-electron chi connectivity index (χ0n) is 9.22. The third-order valence-electron chi connectivity index (χ3n) is 2.47. The smallest absolute Gasteiger partial charge is 0.182 e. The van der Waals surface area contributed by atoms with Crippen LogP contribution in [0.25, 0.3) is 11.2 Å². The fourth-order valence-electron chi connectivity index (χ4n) is 1.67. The van der Waals surface area contributed by atoms with E-state index < -0.39 is 0 Å². The summed E-state index contributed by atoms with van der Waals surface area (Å²) < 4.78 is 0. The maximum Gasteiger partial charge on any atom is 0.182 e. The van der Waals surface area contributed by atoms with Crippen LogP contribution in [0.15, 0.2) is 12.7 Å². The van der Waals surface area contributed by atoms with E-state index in [0.29, 0.717) is 5.65 Å². The largest absolute Gasteiger partial charge is 0.396 e. The zero-order valence-corrected chi connectivity index (χ0v) is 9.22. The average Bonchev–Trinajstić information content (AvgIpc) is 2.78. The van der Waals surface area contributed by atoms with Gasteiger partial charge >= 0.3 is 0 Å². The molecule has 0 atom stereocenters. The lowest BCUT2D eigenvalue weighted by atomic mass is 10.3.